The van der Waals surface area contributed by atoms with Crippen LogP contribution in [0.2, 0.25) is 5.02 Å². The van der Waals surface area contributed by atoms with E-state index in [2.05, 4.69) is 16.1 Å². The number of nitrogens with one attached hydrogen (secondary N) is 1. The molecule has 0 saturated carbocycles. The van der Waals surface area contributed by atoms with Crippen molar-refractivity contribution >= 4 is 40.8 Å². The van der Waals surface area contributed by atoms with Crippen LogP contribution in [0.3, 0.4) is 0 Å². The minimum absolute atomic E-state index is 0.0131. The second-order valence-electron chi connectivity index (χ2n) is 13.3. The van der Waals surface area contributed by atoms with Gasteiger partial charge in [0.1, 0.15) is 0 Å². The molecule has 0 aromatic heterocycles. The summed E-state index contributed by atoms with van der Waals surface area (Å²) in [6.45, 7) is 5.37. The van der Waals surface area contributed by atoms with Crippen molar-refractivity contribution in [1.82, 2.24) is 19.6 Å². The maximum absolute atomic E-state index is 14.1. The summed E-state index contributed by atoms with van der Waals surface area (Å²) in [5, 5.41) is 3.36. The van der Waals surface area contributed by atoms with Gasteiger partial charge in [0.25, 0.3) is 0 Å². The van der Waals surface area contributed by atoms with Gasteiger partial charge in [0, 0.05) is 62.5 Å². The molecule has 3 saturated heterocycles. The van der Waals surface area contributed by atoms with Gasteiger partial charge in [-0.2, -0.15) is 0 Å². The van der Waals surface area contributed by atoms with Crippen molar-refractivity contribution in [2.75, 3.05) is 50.3 Å². The van der Waals surface area contributed by atoms with Crippen LogP contribution in [0.1, 0.15) is 68.1 Å². The van der Waals surface area contributed by atoms with Gasteiger partial charge in [0.2, 0.25) is 11.8 Å². The van der Waals surface area contributed by atoms with Crippen LogP contribution in [0.15, 0.2) is 36.4 Å². The molecule has 9 nitrogen and oxygen atoms in total. The van der Waals surface area contributed by atoms with Gasteiger partial charge in [-0.3, -0.25) is 9.59 Å². The number of terminal acetylenes is 1. The Balaban J connectivity index is 1.11. The molecule has 4 heterocycles. The van der Waals surface area contributed by atoms with Crippen LogP contribution in [0.4, 0.5) is 16.2 Å². The fourth-order valence-electron chi connectivity index (χ4n) is 7.72. The van der Waals surface area contributed by atoms with Gasteiger partial charge in [0.05, 0.1) is 16.6 Å². The van der Waals surface area contributed by atoms with Gasteiger partial charge in [-0.05, 0) is 87.4 Å². The van der Waals surface area contributed by atoms with Gasteiger partial charge in [0.15, 0.2) is 0 Å². The Kier molecular flexibility index (Phi) is 10.1. The number of piperidine rings is 3. The largest absolute Gasteiger partial charge is 0.397 e. The quantitative estimate of drug-likeness (QED) is 0.328. The van der Waals surface area contributed by atoms with E-state index in [1.807, 2.05) is 45.0 Å². The number of halogens is 1. The highest BCUT2D eigenvalue weighted by molar-refractivity contribution is 6.33. The lowest BCUT2D eigenvalue weighted by atomic mass is 9.91. The Hall–Kier alpha value is -3.74. The summed E-state index contributed by atoms with van der Waals surface area (Å²) in [5.41, 5.74) is 9.68. The molecule has 46 heavy (non-hydrogen) atoms. The summed E-state index contributed by atoms with van der Waals surface area (Å²) >= 11 is 6.41. The molecule has 4 aliphatic rings. The number of hydrogen-bond donors (Lipinski definition) is 2. The van der Waals surface area contributed by atoms with E-state index in [9.17, 15) is 14.4 Å². The Bertz CT molecular complexity index is 1490. The molecule has 244 valence electrons. The number of rotatable bonds is 7. The molecule has 3 N–H and O–H groups in total. The SMILES string of the molecule is C#Cc1cc(C[C@@H](CC(=O)N2CCC(N3Cc4ccccc4NC3=O)CC2)C(=O)N2CCC(N3CCCCC3)CC2)cc(Cl)c1N. The van der Waals surface area contributed by atoms with E-state index in [1.165, 1.54) is 19.3 Å². The molecule has 0 aliphatic carbocycles. The number of benzene rings is 2. The summed E-state index contributed by atoms with van der Waals surface area (Å²) in [6, 6.07) is 11.9. The molecule has 3 fully saturated rings. The first kappa shape index (κ1) is 32.2. The predicted octanol–water partition coefficient (Wildman–Crippen LogP) is 4.97. The Morgan fingerprint density at radius 1 is 0.957 bits per heavy atom. The normalized spacial score (nSPS) is 20.5. The summed E-state index contributed by atoms with van der Waals surface area (Å²) in [7, 11) is 0. The second-order valence-corrected chi connectivity index (χ2v) is 13.7. The van der Waals surface area contributed by atoms with Crippen molar-refractivity contribution in [2.45, 2.75) is 76.4 Å². The first-order chi connectivity index (χ1) is 22.3. The monoisotopic (exact) mass is 644 g/mol. The van der Waals surface area contributed by atoms with E-state index in [1.54, 1.807) is 6.07 Å². The van der Waals surface area contributed by atoms with Crippen molar-refractivity contribution in [3.63, 3.8) is 0 Å². The molecule has 10 heteroatoms. The lowest BCUT2D eigenvalue weighted by Gasteiger charge is -2.41. The summed E-state index contributed by atoms with van der Waals surface area (Å²) < 4.78 is 0. The molecule has 0 radical (unpaired) electrons. The van der Waals surface area contributed by atoms with Crippen molar-refractivity contribution in [1.29, 1.82) is 0 Å². The number of nitrogen functional groups attached to an aromatic ring is 1. The van der Waals surface area contributed by atoms with E-state index in [-0.39, 0.29) is 30.3 Å². The van der Waals surface area contributed by atoms with Crippen molar-refractivity contribution in [3.05, 3.63) is 58.1 Å². The van der Waals surface area contributed by atoms with Crippen molar-refractivity contribution in [3.8, 4) is 12.3 Å². The van der Waals surface area contributed by atoms with Gasteiger partial charge < -0.3 is 30.7 Å². The lowest BCUT2D eigenvalue weighted by Crippen LogP contribution is -2.52. The second kappa shape index (κ2) is 14.4. The fourth-order valence-corrected chi connectivity index (χ4v) is 7.96. The van der Waals surface area contributed by atoms with Crippen molar-refractivity contribution < 1.29 is 14.4 Å². The van der Waals surface area contributed by atoms with Gasteiger partial charge >= 0.3 is 6.03 Å². The number of amides is 4. The molecule has 4 amide bonds. The van der Waals surface area contributed by atoms with E-state index in [0.29, 0.717) is 74.3 Å². The highest BCUT2D eigenvalue weighted by Crippen LogP contribution is 2.31. The number of carbonyl (C=O) groups is 3. The van der Waals surface area contributed by atoms with Crippen LogP contribution in [-0.2, 0) is 22.6 Å². The molecule has 6 rings (SSSR count). The molecule has 1 atom stereocenters. The highest BCUT2D eigenvalue weighted by Gasteiger charge is 2.36. The molecule has 0 unspecified atom stereocenters. The molecular formula is C36H45ClN6O3. The van der Waals surface area contributed by atoms with Crippen LogP contribution in [0.5, 0.6) is 0 Å². The summed E-state index contributed by atoms with van der Waals surface area (Å²) in [5.74, 6) is 2.04. The Morgan fingerprint density at radius 3 is 2.35 bits per heavy atom. The zero-order valence-electron chi connectivity index (χ0n) is 26.6. The molecule has 2 aromatic carbocycles. The third-order valence-electron chi connectivity index (χ3n) is 10.4. The smallest absolute Gasteiger partial charge is 0.322 e. The van der Waals surface area contributed by atoms with E-state index >= 15 is 0 Å². The average Bonchev–Trinajstić information content (AvgIpc) is 3.09. The zero-order chi connectivity index (χ0) is 32.2. The highest BCUT2D eigenvalue weighted by atomic mass is 35.5. The zero-order valence-corrected chi connectivity index (χ0v) is 27.3. The molecule has 0 spiro atoms. The van der Waals surface area contributed by atoms with E-state index in [4.69, 9.17) is 23.8 Å². The minimum atomic E-state index is -0.536. The number of urea groups is 1. The first-order valence-electron chi connectivity index (χ1n) is 16.8. The number of likely N-dealkylation sites (tertiary alicyclic amines) is 3. The average molecular weight is 645 g/mol. The fraction of sp³-hybridized carbons (Fsp3) is 0.528. The third kappa shape index (κ3) is 7.13. The maximum Gasteiger partial charge on any atom is 0.322 e. The number of anilines is 2. The number of nitrogens with two attached hydrogens (primary N) is 1. The first-order valence-corrected chi connectivity index (χ1v) is 17.2. The van der Waals surface area contributed by atoms with Crippen LogP contribution >= 0.6 is 11.6 Å². The van der Waals surface area contributed by atoms with Crippen LogP contribution in [0.25, 0.3) is 0 Å². The summed E-state index contributed by atoms with van der Waals surface area (Å²) in [4.78, 5) is 49.1. The van der Waals surface area contributed by atoms with E-state index < -0.39 is 5.92 Å². The van der Waals surface area contributed by atoms with Gasteiger partial charge in [-0.1, -0.05) is 42.1 Å². The molecular weight excluding hydrogens is 600 g/mol. The van der Waals surface area contributed by atoms with Gasteiger partial charge in [-0.15, -0.1) is 6.42 Å². The third-order valence-corrected chi connectivity index (χ3v) is 10.7. The number of hydrogen-bond acceptors (Lipinski definition) is 5. The Morgan fingerprint density at radius 2 is 1.63 bits per heavy atom. The molecule has 2 aromatic rings. The number of para-hydroxylation sites is 1. The van der Waals surface area contributed by atoms with Crippen LogP contribution in [-0.4, -0.2) is 88.8 Å². The lowest BCUT2D eigenvalue weighted by molar-refractivity contribution is -0.143. The maximum atomic E-state index is 14.1. The number of fused-ring (bicyclic) bond motifs is 1. The topological polar surface area (TPSA) is 102 Å². The summed E-state index contributed by atoms with van der Waals surface area (Å²) in [6.07, 6.45) is 13.3. The standard InChI is InChI=1S/C36H45ClN6O3/c1-2-26-20-25(22-31(37)34(26)38)21-28(35(45)42-18-10-29(11-19-42)40-14-6-3-7-15-40)23-33(44)41-16-12-30(13-17-41)43-24-27-8-4-5-9-32(27)39-36(43)46/h1,4-5,8-9,20,22,28-30H,3,6-7,10-19,21,23-24,38H2,(H,39,46)/t28-/m0/s1. The predicted molar refractivity (Wildman–Crippen MR) is 181 cm³/mol. The van der Waals surface area contributed by atoms with Crippen LogP contribution in [0, 0.1) is 18.3 Å². The minimum Gasteiger partial charge on any atom is -0.397 e. The Labute approximate surface area is 277 Å². The molecule has 0 bridgehead atoms. The molecule has 4 aliphatic heterocycles. The van der Waals surface area contributed by atoms with Gasteiger partial charge in [-0.25, -0.2) is 4.79 Å². The van der Waals surface area contributed by atoms with E-state index in [0.717, 1.165) is 42.7 Å². The van der Waals surface area contributed by atoms with Crippen LogP contribution < -0.4 is 11.1 Å². The number of nitrogens with zero attached hydrogens (tertiary/aromatic N) is 4. The number of carbonyl (C=O) groups excluding carboxylic acids is 3. The van der Waals surface area contributed by atoms with Crippen molar-refractivity contribution in [2.24, 2.45) is 5.92 Å².